The van der Waals surface area contributed by atoms with Gasteiger partial charge in [0.25, 0.3) is 5.91 Å². The van der Waals surface area contributed by atoms with E-state index in [-0.39, 0.29) is 11.7 Å². The summed E-state index contributed by atoms with van der Waals surface area (Å²) in [5, 5.41) is 6.32. The highest BCUT2D eigenvalue weighted by atomic mass is 16.5. The lowest BCUT2D eigenvalue weighted by atomic mass is 9.98. The first-order valence-corrected chi connectivity index (χ1v) is 11.9. The van der Waals surface area contributed by atoms with Crippen LogP contribution in [0.5, 0.6) is 5.75 Å². The fraction of sp³-hybridized carbons (Fsp3) is 0.481. The molecule has 2 N–H and O–H groups in total. The molecule has 2 aromatic carbocycles. The second-order valence-electron chi connectivity index (χ2n) is 8.66. The Kier molecular flexibility index (Phi) is 11.6. The third-order valence-corrected chi connectivity index (χ3v) is 5.46. The second kappa shape index (κ2) is 14.4. The number of nitrogens with zero attached hydrogens (tertiary/aromatic N) is 1. The number of benzene rings is 2. The van der Waals surface area contributed by atoms with Gasteiger partial charge in [0.15, 0.2) is 5.78 Å². The smallest absolute Gasteiger partial charge is 0.252 e. The van der Waals surface area contributed by atoms with Gasteiger partial charge in [-0.2, -0.15) is 0 Å². The van der Waals surface area contributed by atoms with E-state index >= 15 is 0 Å². The van der Waals surface area contributed by atoms with Crippen molar-refractivity contribution in [3.63, 3.8) is 0 Å². The summed E-state index contributed by atoms with van der Waals surface area (Å²) >= 11 is 0. The van der Waals surface area contributed by atoms with Crippen molar-refractivity contribution >= 4 is 11.7 Å². The standard InChI is InChI=1S/C27H39N3O3/c1-5-16-28-17-8-11-26(31)25(29-27(32)24-10-7-6-9-21(24)2)20-22-12-14-23(15-13-22)33-19-18-30(3)4/h6-7,9-10,12-15,25,28H,5,8,11,16-20H2,1-4H3,(H,29,32). The zero-order valence-electron chi connectivity index (χ0n) is 20.5. The molecule has 6 heteroatoms. The van der Waals surface area contributed by atoms with E-state index in [9.17, 15) is 9.59 Å². The number of hydrogen-bond donors (Lipinski definition) is 2. The minimum absolute atomic E-state index is 0.0570. The first-order chi connectivity index (χ1) is 15.9. The van der Waals surface area contributed by atoms with E-state index in [1.807, 2.05) is 63.5 Å². The first-order valence-electron chi connectivity index (χ1n) is 11.9. The second-order valence-corrected chi connectivity index (χ2v) is 8.66. The van der Waals surface area contributed by atoms with Crippen molar-refractivity contribution in [3.8, 4) is 5.75 Å². The summed E-state index contributed by atoms with van der Waals surface area (Å²) in [5.41, 5.74) is 2.48. The minimum Gasteiger partial charge on any atom is -0.492 e. The van der Waals surface area contributed by atoms with Crippen molar-refractivity contribution in [1.82, 2.24) is 15.5 Å². The maximum absolute atomic E-state index is 13.0. The van der Waals surface area contributed by atoms with Gasteiger partial charge in [0.1, 0.15) is 12.4 Å². The Balaban J connectivity index is 2.04. The zero-order valence-corrected chi connectivity index (χ0v) is 20.5. The van der Waals surface area contributed by atoms with Crippen LogP contribution in [0, 0.1) is 6.92 Å². The predicted molar refractivity (Wildman–Crippen MR) is 134 cm³/mol. The lowest BCUT2D eigenvalue weighted by Gasteiger charge is -2.19. The molecule has 6 nitrogen and oxygen atoms in total. The van der Waals surface area contributed by atoms with E-state index in [2.05, 4.69) is 22.5 Å². The van der Waals surface area contributed by atoms with Gasteiger partial charge in [0.2, 0.25) is 0 Å². The van der Waals surface area contributed by atoms with Crippen molar-refractivity contribution in [2.45, 2.75) is 45.6 Å². The van der Waals surface area contributed by atoms with Gasteiger partial charge in [0, 0.05) is 18.5 Å². The molecule has 0 aliphatic carbocycles. The van der Waals surface area contributed by atoms with Gasteiger partial charge in [-0.25, -0.2) is 0 Å². The lowest BCUT2D eigenvalue weighted by Crippen LogP contribution is -2.42. The number of Topliss-reactive ketones (excluding diaryl/α,β-unsaturated/α-hetero) is 1. The Morgan fingerprint density at radius 2 is 1.76 bits per heavy atom. The average Bonchev–Trinajstić information content (AvgIpc) is 2.79. The van der Waals surface area contributed by atoms with Gasteiger partial charge in [0.05, 0.1) is 6.04 Å². The highest BCUT2D eigenvalue weighted by Crippen LogP contribution is 2.15. The monoisotopic (exact) mass is 453 g/mol. The van der Waals surface area contributed by atoms with Crippen LogP contribution < -0.4 is 15.4 Å². The predicted octanol–water partition coefficient (Wildman–Crippen LogP) is 3.63. The molecule has 0 radical (unpaired) electrons. The molecule has 2 rings (SSSR count). The van der Waals surface area contributed by atoms with Crippen LogP contribution in [0.25, 0.3) is 0 Å². The van der Waals surface area contributed by atoms with E-state index in [0.717, 1.165) is 49.4 Å². The van der Waals surface area contributed by atoms with Crippen molar-refractivity contribution in [3.05, 3.63) is 65.2 Å². The third-order valence-electron chi connectivity index (χ3n) is 5.46. The first kappa shape index (κ1) is 26.6. The molecule has 0 aliphatic heterocycles. The van der Waals surface area contributed by atoms with Crippen LogP contribution in [0.2, 0.25) is 0 Å². The molecule has 2 aromatic rings. The molecule has 0 spiro atoms. The molecule has 0 fully saturated rings. The van der Waals surface area contributed by atoms with Gasteiger partial charge >= 0.3 is 0 Å². The molecule has 0 aliphatic rings. The van der Waals surface area contributed by atoms with Crippen LogP contribution >= 0.6 is 0 Å². The van der Waals surface area contributed by atoms with Crippen LogP contribution in [0.15, 0.2) is 48.5 Å². The Bertz CT molecular complexity index is 865. The zero-order chi connectivity index (χ0) is 24.1. The van der Waals surface area contributed by atoms with Gasteiger partial charge in [-0.1, -0.05) is 37.3 Å². The van der Waals surface area contributed by atoms with Crippen molar-refractivity contribution in [1.29, 1.82) is 0 Å². The highest BCUT2D eigenvalue weighted by Gasteiger charge is 2.22. The van der Waals surface area contributed by atoms with Crippen LogP contribution in [0.1, 0.15) is 47.7 Å². The normalized spacial score (nSPS) is 11.9. The van der Waals surface area contributed by atoms with E-state index < -0.39 is 6.04 Å². The maximum Gasteiger partial charge on any atom is 0.252 e. The number of nitrogens with one attached hydrogen (secondary N) is 2. The fourth-order valence-corrected chi connectivity index (χ4v) is 3.48. The van der Waals surface area contributed by atoms with Crippen molar-refractivity contribution < 1.29 is 14.3 Å². The highest BCUT2D eigenvalue weighted by molar-refractivity contribution is 5.99. The number of aryl methyl sites for hydroxylation is 1. The van der Waals surface area contributed by atoms with Gasteiger partial charge in [-0.15, -0.1) is 0 Å². The van der Waals surface area contributed by atoms with Gasteiger partial charge in [-0.3, -0.25) is 9.59 Å². The molecule has 1 atom stereocenters. The van der Waals surface area contributed by atoms with Crippen LogP contribution in [-0.4, -0.2) is 63.0 Å². The average molecular weight is 454 g/mol. The number of carbonyl (C=O) groups excluding carboxylic acids is 2. The maximum atomic E-state index is 13.0. The number of ketones is 1. The number of likely N-dealkylation sites (N-methyl/N-ethyl adjacent to an activating group) is 1. The summed E-state index contributed by atoms with van der Waals surface area (Å²) in [7, 11) is 4.02. The Hall–Kier alpha value is -2.70. The van der Waals surface area contributed by atoms with Crippen LogP contribution in [-0.2, 0) is 11.2 Å². The topological polar surface area (TPSA) is 70.7 Å². The Morgan fingerprint density at radius 3 is 2.42 bits per heavy atom. The summed E-state index contributed by atoms with van der Waals surface area (Å²) in [4.78, 5) is 28.0. The van der Waals surface area contributed by atoms with Crippen molar-refractivity contribution in [2.75, 3.05) is 40.3 Å². The van der Waals surface area contributed by atoms with Crippen LogP contribution in [0.4, 0.5) is 0 Å². The number of carbonyl (C=O) groups is 2. The lowest BCUT2D eigenvalue weighted by molar-refractivity contribution is -0.121. The Labute approximate surface area is 198 Å². The molecule has 0 saturated heterocycles. The van der Waals surface area contributed by atoms with E-state index in [1.54, 1.807) is 6.07 Å². The summed E-state index contributed by atoms with van der Waals surface area (Å²) in [6.45, 7) is 7.23. The molecular formula is C27H39N3O3. The number of amides is 1. The van der Waals surface area contributed by atoms with Crippen molar-refractivity contribution in [2.24, 2.45) is 0 Å². The van der Waals surface area contributed by atoms with E-state index in [4.69, 9.17) is 4.74 Å². The summed E-state index contributed by atoms with van der Waals surface area (Å²) < 4.78 is 5.76. The SMILES string of the molecule is CCCNCCCC(=O)C(Cc1ccc(OCCN(C)C)cc1)NC(=O)c1ccccc1C. The molecule has 1 unspecified atom stereocenters. The summed E-state index contributed by atoms with van der Waals surface area (Å²) in [6, 6.07) is 14.6. The summed E-state index contributed by atoms with van der Waals surface area (Å²) in [5.74, 6) is 0.648. The quantitative estimate of drug-likeness (QED) is 0.403. The molecule has 33 heavy (non-hydrogen) atoms. The number of hydrogen-bond acceptors (Lipinski definition) is 5. The fourth-order valence-electron chi connectivity index (χ4n) is 3.48. The minimum atomic E-state index is -0.566. The third kappa shape index (κ3) is 9.76. The van der Waals surface area contributed by atoms with Gasteiger partial charge in [-0.05, 0) is 82.7 Å². The number of rotatable bonds is 15. The summed E-state index contributed by atoms with van der Waals surface area (Å²) in [6.07, 6.45) is 2.71. The molecule has 0 heterocycles. The molecule has 1 amide bonds. The molecule has 0 saturated carbocycles. The van der Waals surface area contributed by atoms with Crippen LogP contribution in [0.3, 0.4) is 0 Å². The van der Waals surface area contributed by atoms with Gasteiger partial charge < -0.3 is 20.3 Å². The molecular weight excluding hydrogens is 414 g/mol. The largest absolute Gasteiger partial charge is 0.492 e. The Morgan fingerprint density at radius 1 is 1.03 bits per heavy atom. The van der Waals surface area contributed by atoms with E-state index in [0.29, 0.717) is 25.0 Å². The molecule has 0 aromatic heterocycles. The molecule has 180 valence electrons. The molecule has 0 bridgehead atoms. The van der Waals surface area contributed by atoms with E-state index in [1.165, 1.54) is 0 Å². The number of ether oxygens (including phenoxy) is 1.